The molecule has 1 nitrogen and oxygen atoms in total. The second kappa shape index (κ2) is 16.5. The van der Waals surface area contributed by atoms with Crippen LogP contribution in [0.25, 0.3) is 0 Å². The normalized spacial score (nSPS) is 14.0. The van der Waals surface area contributed by atoms with Crippen molar-refractivity contribution in [2.75, 3.05) is 0 Å². The van der Waals surface area contributed by atoms with E-state index in [0.717, 1.165) is 17.6 Å². The van der Waals surface area contributed by atoms with Crippen molar-refractivity contribution in [2.45, 2.75) is 117 Å². The predicted molar refractivity (Wildman–Crippen MR) is 129 cm³/mol. The predicted octanol–water partition coefficient (Wildman–Crippen LogP) is 9.09. The van der Waals surface area contributed by atoms with Crippen LogP contribution in [0.1, 0.15) is 123 Å². The summed E-state index contributed by atoms with van der Waals surface area (Å²) in [4.78, 5) is 0. The van der Waals surface area contributed by atoms with Crippen LogP contribution in [-0.2, 0) is 0 Å². The quantitative estimate of drug-likeness (QED) is 0.217. The van der Waals surface area contributed by atoms with Gasteiger partial charge in [0.25, 0.3) is 0 Å². The average Bonchev–Trinajstić information content (AvgIpc) is 2.76. The fourth-order valence-corrected chi connectivity index (χ4v) is 3.88. The summed E-state index contributed by atoms with van der Waals surface area (Å²) in [6.45, 7) is 8.96. The van der Waals surface area contributed by atoms with Gasteiger partial charge in [-0.05, 0) is 62.2 Å². The Kier molecular flexibility index (Phi) is 14.6. The molecule has 1 N–H and O–H groups in total. The molecule has 0 saturated carbocycles. The molecule has 1 rings (SSSR count). The fourth-order valence-electron chi connectivity index (χ4n) is 3.88. The summed E-state index contributed by atoms with van der Waals surface area (Å²) in [5.74, 6) is 0. The molecule has 0 amide bonds. The smallest absolute Gasteiger partial charge is 0.100 e. The minimum absolute atomic E-state index is 0.499. The number of unbranched alkanes of at least 4 members (excludes halogenated alkanes) is 7. The van der Waals surface area contributed by atoms with Crippen molar-refractivity contribution in [2.24, 2.45) is 0 Å². The molecule has 1 unspecified atom stereocenters. The molecule has 0 aliphatic carbocycles. The lowest BCUT2D eigenvalue weighted by atomic mass is 9.91. The monoisotopic (exact) mass is 398 g/mol. The van der Waals surface area contributed by atoms with Gasteiger partial charge >= 0.3 is 0 Å². The molecule has 0 bridgehead atoms. The zero-order valence-corrected chi connectivity index (χ0v) is 19.7. The third-order valence-corrected chi connectivity index (χ3v) is 5.91. The third-order valence-electron chi connectivity index (χ3n) is 5.91. The lowest BCUT2D eigenvalue weighted by Gasteiger charge is -2.18. The van der Waals surface area contributed by atoms with E-state index in [-0.39, 0.29) is 0 Å². The van der Waals surface area contributed by atoms with E-state index in [0.29, 0.717) is 0 Å². The van der Waals surface area contributed by atoms with Crippen LogP contribution in [0.15, 0.2) is 53.1 Å². The van der Waals surface area contributed by atoms with Crippen molar-refractivity contribution in [3.05, 3.63) is 58.7 Å². The maximum Gasteiger partial charge on any atom is 0.100 e. The fraction of sp³-hybridized carbons (Fsp3) is 0.643. The minimum Gasteiger partial charge on any atom is -0.384 e. The Hall–Kier alpha value is -1.34. The molecule has 0 aliphatic heterocycles. The molecule has 1 atom stereocenters. The van der Waals surface area contributed by atoms with Crippen molar-refractivity contribution in [1.82, 2.24) is 0 Å². The zero-order valence-electron chi connectivity index (χ0n) is 19.7. The molecule has 0 fully saturated rings. The van der Waals surface area contributed by atoms with Crippen LogP contribution >= 0.6 is 0 Å². The van der Waals surface area contributed by atoms with Crippen molar-refractivity contribution >= 4 is 0 Å². The zero-order chi connectivity index (χ0) is 21.3. The number of aliphatic hydroxyl groups is 1. The summed E-state index contributed by atoms with van der Waals surface area (Å²) in [7, 11) is 0. The van der Waals surface area contributed by atoms with Gasteiger partial charge < -0.3 is 5.11 Å². The minimum atomic E-state index is -0.499. The first-order valence-electron chi connectivity index (χ1n) is 12.3. The van der Waals surface area contributed by atoms with Gasteiger partial charge in [0, 0.05) is 0 Å². The molecular formula is C28H46O. The highest BCUT2D eigenvalue weighted by atomic mass is 16.3. The second-order valence-corrected chi connectivity index (χ2v) is 8.55. The first-order chi connectivity index (χ1) is 14.1. The van der Waals surface area contributed by atoms with E-state index in [2.05, 4.69) is 33.8 Å². The second-order valence-electron chi connectivity index (χ2n) is 8.55. The summed E-state index contributed by atoms with van der Waals surface area (Å²) in [6.07, 6.45) is 18.3. The van der Waals surface area contributed by atoms with Crippen LogP contribution in [0.3, 0.4) is 0 Å². The van der Waals surface area contributed by atoms with Gasteiger partial charge in [-0.25, -0.2) is 0 Å². The maximum atomic E-state index is 11.0. The Balaban J connectivity index is 3.05. The summed E-state index contributed by atoms with van der Waals surface area (Å²) >= 11 is 0. The van der Waals surface area contributed by atoms with E-state index >= 15 is 0 Å². The van der Waals surface area contributed by atoms with Crippen molar-refractivity contribution in [3.63, 3.8) is 0 Å². The van der Waals surface area contributed by atoms with Crippen LogP contribution < -0.4 is 0 Å². The topological polar surface area (TPSA) is 20.2 Å². The molecule has 0 spiro atoms. The highest BCUT2D eigenvalue weighted by Gasteiger charge is 2.13. The van der Waals surface area contributed by atoms with Gasteiger partial charge in [-0.15, -0.1) is 0 Å². The standard InChI is InChI=1S/C28H46O/c1-5-8-11-14-19-25(18-10-7-3)23-27(22-15-12-9-6-2)24(4)28(29)26-20-16-13-17-21-26/h13,16-17,20-21,23,28-29H,5-12,14-15,18-19,22H2,1-4H3/b25-23+,27-24+. The van der Waals surface area contributed by atoms with Crippen molar-refractivity contribution < 1.29 is 5.11 Å². The first kappa shape index (κ1) is 25.7. The molecule has 0 aliphatic rings. The Bertz CT molecular complexity index is 582. The van der Waals surface area contributed by atoms with Crippen LogP contribution in [0, 0.1) is 0 Å². The molecule has 0 radical (unpaired) electrons. The Labute approximate surface area is 181 Å². The molecule has 1 aromatic carbocycles. The molecule has 1 heteroatoms. The molecule has 0 aromatic heterocycles. The average molecular weight is 399 g/mol. The Morgan fingerprint density at radius 1 is 0.759 bits per heavy atom. The highest BCUT2D eigenvalue weighted by molar-refractivity contribution is 5.34. The van der Waals surface area contributed by atoms with Gasteiger partial charge in [0.2, 0.25) is 0 Å². The lowest BCUT2D eigenvalue weighted by molar-refractivity contribution is 0.214. The van der Waals surface area contributed by atoms with E-state index in [1.807, 2.05) is 30.3 Å². The number of benzene rings is 1. The summed E-state index contributed by atoms with van der Waals surface area (Å²) in [6, 6.07) is 10.1. The number of aliphatic hydroxyl groups excluding tert-OH is 1. The van der Waals surface area contributed by atoms with E-state index < -0.39 is 6.10 Å². The van der Waals surface area contributed by atoms with Crippen LogP contribution in [0.4, 0.5) is 0 Å². The maximum absolute atomic E-state index is 11.0. The van der Waals surface area contributed by atoms with Crippen LogP contribution in [0.2, 0.25) is 0 Å². The number of hydrogen-bond acceptors (Lipinski definition) is 1. The van der Waals surface area contributed by atoms with Crippen molar-refractivity contribution in [1.29, 1.82) is 0 Å². The van der Waals surface area contributed by atoms with E-state index in [9.17, 15) is 5.11 Å². The third kappa shape index (κ3) is 10.8. The van der Waals surface area contributed by atoms with Gasteiger partial charge in [0.15, 0.2) is 0 Å². The summed E-state index contributed by atoms with van der Waals surface area (Å²) in [5.41, 5.74) is 5.10. The number of allylic oxidation sites excluding steroid dienone is 3. The van der Waals surface area contributed by atoms with Gasteiger partial charge in [-0.3, -0.25) is 0 Å². The molecule has 0 heterocycles. The summed E-state index contributed by atoms with van der Waals surface area (Å²) in [5, 5.41) is 11.0. The van der Waals surface area contributed by atoms with Gasteiger partial charge in [-0.1, -0.05) is 108 Å². The molecule has 164 valence electrons. The van der Waals surface area contributed by atoms with E-state index in [1.165, 1.54) is 82.6 Å². The van der Waals surface area contributed by atoms with Crippen LogP contribution in [0.5, 0.6) is 0 Å². The Morgan fingerprint density at radius 2 is 1.31 bits per heavy atom. The van der Waals surface area contributed by atoms with E-state index in [4.69, 9.17) is 0 Å². The van der Waals surface area contributed by atoms with E-state index in [1.54, 1.807) is 5.57 Å². The molecular weight excluding hydrogens is 352 g/mol. The molecule has 0 saturated heterocycles. The summed E-state index contributed by atoms with van der Waals surface area (Å²) < 4.78 is 0. The van der Waals surface area contributed by atoms with Gasteiger partial charge in [0.05, 0.1) is 0 Å². The number of rotatable bonds is 16. The molecule has 1 aromatic rings. The van der Waals surface area contributed by atoms with Crippen LogP contribution in [-0.4, -0.2) is 5.11 Å². The largest absolute Gasteiger partial charge is 0.384 e. The first-order valence-corrected chi connectivity index (χ1v) is 12.3. The van der Waals surface area contributed by atoms with Gasteiger partial charge in [0.1, 0.15) is 6.10 Å². The SMILES string of the molecule is CCCCCC/C(=C/C(CCCCCC)=C(\C)C(O)c1ccccc1)CCCC. The lowest BCUT2D eigenvalue weighted by Crippen LogP contribution is -2.03. The molecule has 29 heavy (non-hydrogen) atoms. The highest BCUT2D eigenvalue weighted by Crippen LogP contribution is 2.29. The number of hydrogen-bond donors (Lipinski definition) is 1. The van der Waals surface area contributed by atoms with Crippen molar-refractivity contribution in [3.8, 4) is 0 Å². The van der Waals surface area contributed by atoms with Gasteiger partial charge in [-0.2, -0.15) is 0 Å². The Morgan fingerprint density at radius 3 is 1.90 bits per heavy atom.